The van der Waals surface area contributed by atoms with Crippen molar-refractivity contribution in [3.05, 3.63) is 24.5 Å². The summed E-state index contributed by atoms with van der Waals surface area (Å²) >= 11 is 1.45. The number of hydrogen-bond donors (Lipinski definition) is 2. The summed E-state index contributed by atoms with van der Waals surface area (Å²) in [4.78, 5) is 4.06. The lowest BCUT2D eigenvalue weighted by Crippen LogP contribution is -2.17. The molecule has 2 heterocycles. The van der Waals surface area contributed by atoms with Crippen molar-refractivity contribution in [1.29, 1.82) is 0 Å². The molecule has 5 heteroatoms. The minimum atomic E-state index is 0.435. The highest BCUT2D eigenvalue weighted by molar-refractivity contribution is 7.11. The van der Waals surface area contributed by atoms with Gasteiger partial charge in [-0.3, -0.25) is 4.98 Å². The van der Waals surface area contributed by atoms with E-state index in [2.05, 4.69) is 28.5 Å². The van der Waals surface area contributed by atoms with Crippen LogP contribution in [-0.4, -0.2) is 15.4 Å². The zero-order valence-corrected chi connectivity index (χ0v) is 12.7. The minimum absolute atomic E-state index is 0.435. The molecule has 0 aliphatic heterocycles. The number of pyridine rings is 1. The van der Waals surface area contributed by atoms with Gasteiger partial charge in [0.05, 0.1) is 5.56 Å². The second-order valence-corrected chi connectivity index (χ2v) is 7.03. The lowest BCUT2D eigenvalue weighted by Gasteiger charge is -2.18. The summed E-state index contributed by atoms with van der Waals surface area (Å²) < 4.78 is 4.31. The Kier molecular flexibility index (Phi) is 3.38. The van der Waals surface area contributed by atoms with Gasteiger partial charge in [-0.05, 0) is 53.9 Å². The van der Waals surface area contributed by atoms with E-state index in [0.717, 1.165) is 16.1 Å². The van der Waals surface area contributed by atoms with E-state index in [0.29, 0.717) is 17.3 Å². The third-order valence-electron chi connectivity index (χ3n) is 3.99. The van der Waals surface area contributed by atoms with Gasteiger partial charge in [0, 0.05) is 18.4 Å². The van der Waals surface area contributed by atoms with Gasteiger partial charge in [-0.1, -0.05) is 13.8 Å². The second kappa shape index (κ2) is 5.05. The smallest absolute Gasteiger partial charge is 0.147 e. The van der Waals surface area contributed by atoms with Gasteiger partial charge < -0.3 is 11.1 Å². The summed E-state index contributed by atoms with van der Waals surface area (Å²) in [5, 5.41) is 4.72. The van der Waals surface area contributed by atoms with Gasteiger partial charge in [0.25, 0.3) is 0 Å². The number of nitrogen functional groups attached to an aromatic ring is 1. The summed E-state index contributed by atoms with van der Waals surface area (Å²) in [7, 11) is 0. The van der Waals surface area contributed by atoms with Gasteiger partial charge in [-0.25, -0.2) is 0 Å². The summed E-state index contributed by atoms with van der Waals surface area (Å²) in [6.45, 7) is 4.67. The molecule has 2 aromatic rings. The Morgan fingerprint density at radius 3 is 2.75 bits per heavy atom. The minimum Gasteiger partial charge on any atom is -0.382 e. The molecule has 0 bridgehead atoms. The Balaban J connectivity index is 1.85. The number of hydrogen-bond acceptors (Lipinski definition) is 5. The SMILES string of the molecule is CC1(C)CCC(Nc2snc(N)c2-c2ccncc2)C1. The Bertz CT molecular complexity index is 591. The van der Waals surface area contributed by atoms with Crippen molar-refractivity contribution in [1.82, 2.24) is 9.36 Å². The standard InChI is InChI=1S/C15H20N4S/c1-15(2)6-3-11(9-15)18-14-12(13(16)19-20-14)10-4-7-17-8-5-10/h4-5,7-8,11,18H,3,6,9H2,1-2H3,(H2,16,19). The van der Waals surface area contributed by atoms with Crippen molar-refractivity contribution in [3.8, 4) is 11.1 Å². The lowest BCUT2D eigenvalue weighted by molar-refractivity contribution is 0.378. The van der Waals surface area contributed by atoms with Crippen molar-refractivity contribution in [2.75, 3.05) is 11.1 Å². The fourth-order valence-corrected chi connectivity index (χ4v) is 3.76. The fourth-order valence-electron chi connectivity index (χ4n) is 2.94. The predicted octanol–water partition coefficient (Wildman–Crippen LogP) is 3.78. The van der Waals surface area contributed by atoms with Crippen LogP contribution in [0.4, 0.5) is 10.8 Å². The molecular formula is C15H20N4S. The van der Waals surface area contributed by atoms with Gasteiger partial charge in [0.2, 0.25) is 0 Å². The van der Waals surface area contributed by atoms with Crippen LogP contribution in [0, 0.1) is 5.41 Å². The zero-order valence-electron chi connectivity index (χ0n) is 11.9. The average molecular weight is 288 g/mol. The first-order valence-corrected chi connectivity index (χ1v) is 7.75. The number of nitrogens with one attached hydrogen (secondary N) is 1. The van der Waals surface area contributed by atoms with Crippen LogP contribution in [0.2, 0.25) is 0 Å². The van der Waals surface area contributed by atoms with Crippen LogP contribution in [-0.2, 0) is 0 Å². The highest BCUT2D eigenvalue weighted by Gasteiger charge is 2.31. The van der Waals surface area contributed by atoms with Crippen molar-refractivity contribution < 1.29 is 0 Å². The van der Waals surface area contributed by atoms with Crippen molar-refractivity contribution in [2.24, 2.45) is 5.41 Å². The third-order valence-corrected chi connectivity index (χ3v) is 4.78. The van der Waals surface area contributed by atoms with Crippen LogP contribution in [0.5, 0.6) is 0 Å². The molecule has 1 fully saturated rings. The first-order chi connectivity index (χ1) is 9.55. The van der Waals surface area contributed by atoms with Crippen LogP contribution >= 0.6 is 11.5 Å². The van der Waals surface area contributed by atoms with Crippen LogP contribution in [0.1, 0.15) is 33.1 Å². The molecular weight excluding hydrogens is 268 g/mol. The van der Waals surface area contributed by atoms with Crippen molar-refractivity contribution >= 4 is 22.4 Å². The predicted molar refractivity (Wildman–Crippen MR) is 84.8 cm³/mol. The van der Waals surface area contributed by atoms with Crippen LogP contribution in [0.25, 0.3) is 11.1 Å². The molecule has 0 spiro atoms. The van der Waals surface area contributed by atoms with Crippen LogP contribution in [0.3, 0.4) is 0 Å². The molecule has 1 aliphatic carbocycles. The highest BCUT2D eigenvalue weighted by atomic mass is 32.1. The number of nitrogens with two attached hydrogens (primary N) is 1. The molecule has 2 aromatic heterocycles. The Labute approximate surface area is 123 Å². The monoisotopic (exact) mass is 288 g/mol. The number of nitrogens with zero attached hydrogens (tertiary/aromatic N) is 2. The lowest BCUT2D eigenvalue weighted by atomic mass is 9.92. The molecule has 3 rings (SSSR count). The van der Waals surface area contributed by atoms with Crippen molar-refractivity contribution in [3.63, 3.8) is 0 Å². The summed E-state index contributed by atoms with van der Waals surface area (Å²) in [5.74, 6) is 0.598. The first kappa shape index (κ1) is 13.4. The highest BCUT2D eigenvalue weighted by Crippen LogP contribution is 2.42. The van der Waals surface area contributed by atoms with E-state index >= 15 is 0 Å². The summed E-state index contributed by atoms with van der Waals surface area (Å²) in [6, 6.07) is 4.47. The third kappa shape index (κ3) is 2.63. The van der Waals surface area contributed by atoms with E-state index in [1.807, 2.05) is 12.1 Å². The zero-order chi connectivity index (χ0) is 14.2. The van der Waals surface area contributed by atoms with E-state index in [9.17, 15) is 0 Å². The quantitative estimate of drug-likeness (QED) is 0.902. The fraction of sp³-hybridized carbons (Fsp3) is 0.467. The molecule has 4 nitrogen and oxygen atoms in total. The van der Waals surface area contributed by atoms with E-state index in [1.165, 1.54) is 30.8 Å². The Morgan fingerprint density at radius 2 is 2.10 bits per heavy atom. The van der Waals surface area contributed by atoms with E-state index in [1.54, 1.807) is 12.4 Å². The largest absolute Gasteiger partial charge is 0.382 e. The molecule has 1 atom stereocenters. The summed E-state index contributed by atoms with van der Waals surface area (Å²) in [5.41, 5.74) is 8.57. The molecule has 20 heavy (non-hydrogen) atoms. The molecule has 0 radical (unpaired) electrons. The maximum absolute atomic E-state index is 6.04. The molecule has 106 valence electrons. The molecule has 1 aliphatic rings. The molecule has 1 saturated carbocycles. The van der Waals surface area contributed by atoms with Gasteiger partial charge in [0.15, 0.2) is 0 Å². The van der Waals surface area contributed by atoms with Gasteiger partial charge in [-0.15, -0.1) is 0 Å². The van der Waals surface area contributed by atoms with Crippen molar-refractivity contribution in [2.45, 2.75) is 39.2 Å². The number of rotatable bonds is 3. The van der Waals surface area contributed by atoms with Crippen LogP contribution < -0.4 is 11.1 Å². The molecule has 0 aromatic carbocycles. The molecule has 3 N–H and O–H groups in total. The summed E-state index contributed by atoms with van der Waals surface area (Å²) in [6.07, 6.45) is 7.24. The van der Waals surface area contributed by atoms with E-state index in [-0.39, 0.29) is 0 Å². The Morgan fingerprint density at radius 1 is 1.35 bits per heavy atom. The normalized spacial score (nSPS) is 21.0. The maximum Gasteiger partial charge on any atom is 0.147 e. The average Bonchev–Trinajstić information content (AvgIpc) is 2.94. The first-order valence-electron chi connectivity index (χ1n) is 6.97. The van der Waals surface area contributed by atoms with E-state index in [4.69, 9.17) is 5.73 Å². The maximum atomic E-state index is 6.04. The molecule has 0 saturated heterocycles. The topological polar surface area (TPSA) is 63.8 Å². The molecule has 0 amide bonds. The number of anilines is 2. The van der Waals surface area contributed by atoms with Crippen LogP contribution in [0.15, 0.2) is 24.5 Å². The van der Waals surface area contributed by atoms with E-state index < -0.39 is 0 Å². The van der Waals surface area contributed by atoms with Gasteiger partial charge in [-0.2, -0.15) is 4.37 Å². The van der Waals surface area contributed by atoms with Gasteiger partial charge >= 0.3 is 0 Å². The number of aromatic nitrogens is 2. The molecule has 1 unspecified atom stereocenters. The van der Waals surface area contributed by atoms with Gasteiger partial charge in [0.1, 0.15) is 10.8 Å². The Hall–Kier alpha value is -1.62. The second-order valence-electron chi connectivity index (χ2n) is 6.26.